The van der Waals surface area contributed by atoms with Crippen LogP contribution in [0.15, 0.2) is 52.9 Å². The zero-order chi connectivity index (χ0) is 16.1. The number of hydrazine groups is 1. The molecule has 3 rings (SSSR count). The largest absolute Gasteiger partial charge is 0.422 e. The van der Waals surface area contributed by atoms with Gasteiger partial charge in [-0.15, -0.1) is 0 Å². The Morgan fingerprint density at radius 1 is 1.09 bits per heavy atom. The molecule has 1 heterocycles. The molecule has 0 saturated carbocycles. The van der Waals surface area contributed by atoms with Crippen LogP contribution in [0.1, 0.15) is 0 Å². The van der Waals surface area contributed by atoms with Crippen molar-refractivity contribution in [2.75, 3.05) is 16.1 Å². The predicted octanol–water partition coefficient (Wildman–Crippen LogP) is 2.71. The maximum atomic E-state index is 10.2. The molecule has 0 aliphatic rings. The molecule has 0 bridgehead atoms. The number of thiocarbonyl (C=S) groups is 1. The quantitative estimate of drug-likeness (QED) is 0.325. The SMILES string of the molecule is O=CNNc1nc2cc(NC(=S)Nc3ccccc3)ccc2o1. The molecule has 1 aromatic heterocycles. The van der Waals surface area contributed by atoms with Gasteiger partial charge in [-0.1, -0.05) is 18.2 Å². The molecule has 4 N–H and O–H groups in total. The van der Waals surface area contributed by atoms with E-state index in [0.29, 0.717) is 22.6 Å². The number of amides is 1. The van der Waals surface area contributed by atoms with Crippen molar-refractivity contribution in [1.29, 1.82) is 0 Å². The Morgan fingerprint density at radius 3 is 2.65 bits per heavy atom. The second kappa shape index (κ2) is 6.75. The van der Waals surface area contributed by atoms with Gasteiger partial charge in [0.05, 0.1) is 0 Å². The zero-order valence-corrected chi connectivity index (χ0v) is 12.7. The molecule has 2 aromatic carbocycles. The molecule has 0 atom stereocenters. The monoisotopic (exact) mass is 327 g/mol. The van der Waals surface area contributed by atoms with E-state index in [2.05, 4.69) is 26.5 Å². The number of carbonyl (C=O) groups excluding carboxylic acids is 1. The minimum absolute atomic E-state index is 0.203. The number of fused-ring (bicyclic) bond motifs is 1. The lowest BCUT2D eigenvalue weighted by Gasteiger charge is -2.10. The Labute approximate surface area is 137 Å². The van der Waals surface area contributed by atoms with Crippen LogP contribution in [0.4, 0.5) is 17.4 Å². The molecule has 0 aliphatic heterocycles. The van der Waals surface area contributed by atoms with E-state index in [9.17, 15) is 4.79 Å². The van der Waals surface area contributed by atoms with Crippen molar-refractivity contribution in [1.82, 2.24) is 10.4 Å². The zero-order valence-electron chi connectivity index (χ0n) is 11.9. The van der Waals surface area contributed by atoms with Crippen LogP contribution in [0.5, 0.6) is 0 Å². The third-order valence-electron chi connectivity index (χ3n) is 2.92. The van der Waals surface area contributed by atoms with Crippen LogP contribution < -0.4 is 21.5 Å². The fraction of sp³-hybridized carbons (Fsp3) is 0. The molecule has 1 amide bonds. The lowest BCUT2D eigenvalue weighted by atomic mass is 10.3. The summed E-state index contributed by atoms with van der Waals surface area (Å²) in [6.07, 6.45) is 0.496. The standard InChI is InChI=1S/C15H13N5O2S/c21-9-16-20-14-19-12-8-11(6-7-13(12)22-14)18-15(23)17-10-4-2-1-3-5-10/h1-9H,(H,16,21)(H,19,20)(H2,17,18,23). The highest BCUT2D eigenvalue weighted by molar-refractivity contribution is 7.80. The Kier molecular flexibility index (Phi) is 4.34. The summed E-state index contributed by atoms with van der Waals surface area (Å²) < 4.78 is 5.41. The summed E-state index contributed by atoms with van der Waals surface area (Å²) in [6, 6.07) is 15.2. The molecule has 0 aliphatic carbocycles. The van der Waals surface area contributed by atoms with Gasteiger partial charge in [0, 0.05) is 11.4 Å². The molecule has 8 heteroatoms. The van der Waals surface area contributed by atoms with Crippen molar-refractivity contribution in [3.63, 3.8) is 0 Å². The van der Waals surface area contributed by atoms with Crippen molar-refractivity contribution >= 4 is 52.2 Å². The first-order chi connectivity index (χ1) is 11.2. The number of nitrogens with one attached hydrogen (secondary N) is 4. The van der Waals surface area contributed by atoms with Gasteiger partial charge in [0.1, 0.15) is 5.52 Å². The number of hydrogen-bond donors (Lipinski definition) is 4. The van der Waals surface area contributed by atoms with Crippen LogP contribution in [0, 0.1) is 0 Å². The molecule has 0 fully saturated rings. The van der Waals surface area contributed by atoms with Crippen LogP contribution in [-0.2, 0) is 4.79 Å². The third kappa shape index (κ3) is 3.74. The van der Waals surface area contributed by atoms with Crippen molar-refractivity contribution in [2.45, 2.75) is 0 Å². The lowest BCUT2D eigenvalue weighted by Crippen LogP contribution is -2.19. The number of oxazole rings is 1. The van der Waals surface area contributed by atoms with Crippen LogP contribution in [0.2, 0.25) is 0 Å². The van der Waals surface area contributed by atoms with Gasteiger partial charge in [-0.3, -0.25) is 15.6 Å². The highest BCUT2D eigenvalue weighted by Crippen LogP contribution is 2.22. The smallest absolute Gasteiger partial charge is 0.315 e. The number of hydrogen-bond acceptors (Lipinski definition) is 5. The highest BCUT2D eigenvalue weighted by Gasteiger charge is 2.07. The van der Waals surface area contributed by atoms with Crippen LogP contribution in [0.3, 0.4) is 0 Å². The Balaban J connectivity index is 1.70. The summed E-state index contributed by atoms with van der Waals surface area (Å²) in [6.45, 7) is 0. The average Bonchev–Trinajstić information content (AvgIpc) is 2.96. The van der Waals surface area contributed by atoms with Gasteiger partial charge in [0.2, 0.25) is 6.41 Å². The Bertz CT molecular complexity index is 834. The van der Waals surface area contributed by atoms with Crippen LogP contribution in [-0.4, -0.2) is 16.5 Å². The minimum Gasteiger partial charge on any atom is -0.422 e. The van der Waals surface area contributed by atoms with Gasteiger partial charge in [-0.2, -0.15) is 4.98 Å². The van der Waals surface area contributed by atoms with Gasteiger partial charge >= 0.3 is 6.01 Å². The minimum atomic E-state index is 0.203. The average molecular weight is 327 g/mol. The van der Waals surface area contributed by atoms with Crippen LogP contribution >= 0.6 is 12.2 Å². The Morgan fingerprint density at radius 2 is 1.87 bits per heavy atom. The molecule has 3 aromatic rings. The second-order valence-electron chi connectivity index (χ2n) is 4.53. The number of carbonyl (C=O) groups is 1. The first-order valence-corrected chi connectivity index (χ1v) is 7.14. The normalized spacial score (nSPS) is 10.1. The molecule has 0 unspecified atom stereocenters. The highest BCUT2D eigenvalue weighted by atomic mass is 32.1. The van der Waals surface area contributed by atoms with E-state index in [4.69, 9.17) is 16.6 Å². The van der Waals surface area contributed by atoms with Gasteiger partial charge in [0.25, 0.3) is 0 Å². The number of nitrogens with zero attached hydrogens (tertiary/aromatic N) is 1. The van der Waals surface area contributed by atoms with Crippen molar-refractivity contribution in [3.8, 4) is 0 Å². The molecule has 23 heavy (non-hydrogen) atoms. The molecule has 0 spiro atoms. The molecule has 0 saturated heterocycles. The molecular weight excluding hydrogens is 314 g/mol. The molecular formula is C15H13N5O2S. The maximum absolute atomic E-state index is 10.2. The number of anilines is 3. The summed E-state index contributed by atoms with van der Waals surface area (Å²) in [5.41, 5.74) is 7.69. The topological polar surface area (TPSA) is 91.2 Å². The predicted molar refractivity (Wildman–Crippen MR) is 93.1 cm³/mol. The summed E-state index contributed by atoms with van der Waals surface area (Å²) in [7, 11) is 0. The summed E-state index contributed by atoms with van der Waals surface area (Å²) in [4.78, 5) is 14.4. The van der Waals surface area contributed by atoms with Gasteiger partial charge < -0.3 is 15.1 Å². The molecule has 7 nitrogen and oxygen atoms in total. The summed E-state index contributed by atoms with van der Waals surface area (Å²) >= 11 is 5.28. The van der Waals surface area contributed by atoms with Crippen molar-refractivity contribution in [3.05, 3.63) is 48.5 Å². The van der Waals surface area contributed by atoms with E-state index < -0.39 is 0 Å². The van der Waals surface area contributed by atoms with E-state index >= 15 is 0 Å². The summed E-state index contributed by atoms with van der Waals surface area (Å²) in [5, 5.41) is 6.64. The van der Waals surface area contributed by atoms with Gasteiger partial charge in [-0.25, -0.2) is 0 Å². The van der Waals surface area contributed by atoms with Crippen LogP contribution in [0.25, 0.3) is 11.1 Å². The number of para-hydroxylation sites is 1. The van der Waals surface area contributed by atoms with Gasteiger partial charge in [-0.05, 0) is 42.5 Å². The van der Waals surface area contributed by atoms with E-state index in [1.807, 2.05) is 36.4 Å². The van der Waals surface area contributed by atoms with E-state index in [1.165, 1.54) is 0 Å². The van der Waals surface area contributed by atoms with E-state index in [-0.39, 0.29) is 6.01 Å². The molecule has 116 valence electrons. The van der Waals surface area contributed by atoms with E-state index in [0.717, 1.165) is 11.4 Å². The maximum Gasteiger partial charge on any atom is 0.315 e. The fourth-order valence-electron chi connectivity index (χ4n) is 1.96. The molecule has 0 radical (unpaired) electrons. The number of aromatic nitrogens is 1. The van der Waals surface area contributed by atoms with Crippen molar-refractivity contribution in [2.24, 2.45) is 0 Å². The number of benzene rings is 2. The summed E-state index contributed by atoms with van der Waals surface area (Å²) in [5.74, 6) is 0. The fourth-order valence-corrected chi connectivity index (χ4v) is 2.20. The van der Waals surface area contributed by atoms with E-state index in [1.54, 1.807) is 12.1 Å². The van der Waals surface area contributed by atoms with Crippen molar-refractivity contribution < 1.29 is 9.21 Å². The third-order valence-corrected chi connectivity index (χ3v) is 3.12. The first kappa shape index (κ1) is 14.8. The Hall–Kier alpha value is -3.13. The second-order valence-corrected chi connectivity index (χ2v) is 4.94. The number of rotatable bonds is 5. The lowest BCUT2D eigenvalue weighted by molar-refractivity contribution is -0.109. The first-order valence-electron chi connectivity index (χ1n) is 6.73. The van der Waals surface area contributed by atoms with Gasteiger partial charge in [0.15, 0.2) is 10.7 Å².